The zero-order chi connectivity index (χ0) is 18.6. The Morgan fingerprint density at radius 2 is 1.67 bits per heavy atom. The number of hydrogen-bond donors (Lipinski definition) is 1. The van der Waals surface area contributed by atoms with E-state index in [-0.39, 0.29) is 5.41 Å². The Morgan fingerprint density at radius 1 is 1.00 bits per heavy atom. The fourth-order valence-electron chi connectivity index (χ4n) is 6.59. The van der Waals surface area contributed by atoms with Crippen LogP contribution in [0.2, 0.25) is 0 Å². The van der Waals surface area contributed by atoms with Crippen molar-refractivity contribution in [3.63, 3.8) is 0 Å². The summed E-state index contributed by atoms with van der Waals surface area (Å²) in [5.74, 6) is 3.65. The minimum atomic E-state index is 0.129. The number of aldehydes is 1. The van der Waals surface area contributed by atoms with Crippen molar-refractivity contribution >= 4 is 6.29 Å². The van der Waals surface area contributed by atoms with Gasteiger partial charge in [0.1, 0.15) is 17.8 Å². The first-order valence-electron chi connectivity index (χ1n) is 10.1. The Labute approximate surface area is 160 Å². The van der Waals surface area contributed by atoms with Crippen molar-refractivity contribution in [1.82, 2.24) is 0 Å². The molecule has 6 rings (SSSR count). The van der Waals surface area contributed by atoms with E-state index in [2.05, 4.69) is 6.07 Å². The molecule has 4 aliphatic carbocycles. The molecule has 0 aromatic heterocycles. The number of aromatic hydroxyl groups is 1. The highest BCUT2D eigenvalue weighted by atomic mass is 16.5. The molecule has 4 fully saturated rings. The summed E-state index contributed by atoms with van der Waals surface area (Å²) in [5, 5.41) is 10.8. The molecule has 0 aliphatic heterocycles. The van der Waals surface area contributed by atoms with E-state index in [0.717, 1.165) is 46.5 Å². The molecular weight excluding hydrogens is 336 g/mol. The van der Waals surface area contributed by atoms with Gasteiger partial charge in [-0.25, -0.2) is 0 Å². The third kappa shape index (κ3) is 2.67. The number of phenolic OH excluding ortho intramolecular Hbond substituents is 1. The lowest BCUT2D eigenvalue weighted by molar-refractivity contribution is -0.00611. The molecule has 140 valence electrons. The SMILES string of the molecule is COc1ccc(C=O)cc1-c1ccc(O)c(C23CC4CC(CC(C4)C2)C3)c1. The average Bonchev–Trinajstić information content (AvgIpc) is 2.66. The monoisotopic (exact) mass is 362 g/mol. The number of benzene rings is 2. The minimum absolute atomic E-state index is 0.129. The average molecular weight is 362 g/mol. The second-order valence-corrected chi connectivity index (χ2v) is 9.01. The van der Waals surface area contributed by atoms with E-state index >= 15 is 0 Å². The number of hydrogen-bond acceptors (Lipinski definition) is 3. The second-order valence-electron chi connectivity index (χ2n) is 9.01. The first-order chi connectivity index (χ1) is 13.1. The van der Waals surface area contributed by atoms with Gasteiger partial charge in [0, 0.05) is 16.7 Å². The molecule has 2 aromatic carbocycles. The normalized spacial score (nSPS) is 31.1. The van der Waals surface area contributed by atoms with Crippen molar-refractivity contribution in [2.24, 2.45) is 17.8 Å². The molecule has 2 aromatic rings. The van der Waals surface area contributed by atoms with Gasteiger partial charge >= 0.3 is 0 Å². The van der Waals surface area contributed by atoms with Crippen LogP contribution in [0.3, 0.4) is 0 Å². The fourth-order valence-corrected chi connectivity index (χ4v) is 6.59. The van der Waals surface area contributed by atoms with E-state index < -0.39 is 0 Å². The molecule has 3 heteroatoms. The molecule has 0 atom stereocenters. The summed E-state index contributed by atoms with van der Waals surface area (Å²) in [4.78, 5) is 11.3. The van der Waals surface area contributed by atoms with Crippen molar-refractivity contribution in [2.75, 3.05) is 7.11 Å². The maximum Gasteiger partial charge on any atom is 0.150 e. The van der Waals surface area contributed by atoms with E-state index in [9.17, 15) is 9.90 Å². The molecule has 0 heterocycles. The zero-order valence-corrected chi connectivity index (χ0v) is 15.8. The lowest BCUT2D eigenvalue weighted by Crippen LogP contribution is -2.48. The maximum absolute atomic E-state index is 11.3. The van der Waals surface area contributed by atoms with Gasteiger partial charge < -0.3 is 9.84 Å². The first-order valence-corrected chi connectivity index (χ1v) is 10.1. The van der Waals surface area contributed by atoms with E-state index in [1.54, 1.807) is 13.2 Å². The molecule has 0 spiro atoms. The highest BCUT2D eigenvalue weighted by Gasteiger charge is 2.52. The van der Waals surface area contributed by atoms with Crippen LogP contribution < -0.4 is 4.74 Å². The van der Waals surface area contributed by atoms with Gasteiger partial charge in [-0.05, 0) is 97.6 Å². The summed E-state index contributed by atoms with van der Waals surface area (Å²) in [7, 11) is 1.65. The van der Waals surface area contributed by atoms with Crippen LogP contribution in [-0.4, -0.2) is 18.5 Å². The maximum atomic E-state index is 11.3. The highest BCUT2D eigenvalue weighted by Crippen LogP contribution is 2.62. The Kier molecular flexibility index (Phi) is 3.82. The first kappa shape index (κ1) is 16.9. The minimum Gasteiger partial charge on any atom is -0.508 e. The number of carbonyl (C=O) groups excluding carboxylic acids is 1. The van der Waals surface area contributed by atoms with E-state index in [0.29, 0.717) is 11.3 Å². The molecule has 0 saturated heterocycles. The zero-order valence-electron chi connectivity index (χ0n) is 15.8. The summed E-state index contributed by atoms with van der Waals surface area (Å²) in [6.07, 6.45) is 8.65. The third-order valence-corrected chi connectivity index (χ3v) is 7.28. The van der Waals surface area contributed by atoms with Gasteiger partial charge in [-0.3, -0.25) is 4.79 Å². The van der Waals surface area contributed by atoms with Gasteiger partial charge in [0.05, 0.1) is 7.11 Å². The molecule has 0 radical (unpaired) electrons. The van der Waals surface area contributed by atoms with Crippen molar-refractivity contribution in [2.45, 2.75) is 43.9 Å². The number of methoxy groups -OCH3 is 1. The lowest BCUT2D eigenvalue weighted by Gasteiger charge is -2.57. The van der Waals surface area contributed by atoms with Gasteiger partial charge in [0.25, 0.3) is 0 Å². The van der Waals surface area contributed by atoms with Crippen molar-refractivity contribution in [3.05, 3.63) is 47.5 Å². The van der Waals surface area contributed by atoms with E-state index in [4.69, 9.17) is 4.74 Å². The topological polar surface area (TPSA) is 46.5 Å². The van der Waals surface area contributed by atoms with E-state index in [1.165, 1.54) is 38.5 Å². The van der Waals surface area contributed by atoms with Gasteiger partial charge in [-0.15, -0.1) is 0 Å². The number of ether oxygens (including phenoxy) is 1. The van der Waals surface area contributed by atoms with Crippen LogP contribution in [0.4, 0.5) is 0 Å². The number of phenols is 1. The van der Waals surface area contributed by atoms with Crippen molar-refractivity contribution in [3.8, 4) is 22.6 Å². The molecule has 0 amide bonds. The van der Waals surface area contributed by atoms with Crippen molar-refractivity contribution < 1.29 is 14.6 Å². The molecule has 1 N–H and O–H groups in total. The third-order valence-electron chi connectivity index (χ3n) is 7.28. The summed E-state index contributed by atoms with van der Waals surface area (Å²) < 4.78 is 5.54. The molecule has 4 bridgehead atoms. The van der Waals surface area contributed by atoms with E-state index in [1.807, 2.05) is 24.3 Å². The molecule has 0 unspecified atom stereocenters. The molecule has 3 nitrogen and oxygen atoms in total. The van der Waals surface area contributed by atoms with Crippen LogP contribution in [0.15, 0.2) is 36.4 Å². The highest BCUT2D eigenvalue weighted by molar-refractivity contribution is 5.82. The van der Waals surface area contributed by atoms with Crippen LogP contribution in [0.5, 0.6) is 11.5 Å². The Balaban J connectivity index is 1.62. The molecule has 4 saturated carbocycles. The largest absolute Gasteiger partial charge is 0.508 e. The smallest absolute Gasteiger partial charge is 0.150 e. The van der Waals surface area contributed by atoms with Crippen LogP contribution in [0.1, 0.15) is 54.4 Å². The number of carbonyl (C=O) groups is 1. The Morgan fingerprint density at radius 3 is 2.26 bits per heavy atom. The van der Waals surface area contributed by atoms with Gasteiger partial charge in [0.15, 0.2) is 0 Å². The van der Waals surface area contributed by atoms with Crippen LogP contribution in [0.25, 0.3) is 11.1 Å². The van der Waals surface area contributed by atoms with Gasteiger partial charge in [-0.1, -0.05) is 6.07 Å². The standard InChI is InChI=1S/C24H26O3/c1-27-23-5-2-15(14-25)9-20(23)19-3-4-22(26)21(10-19)24-11-16-6-17(12-24)8-18(7-16)13-24/h2-5,9-10,14,16-18,26H,6-8,11-13H2,1H3. The Bertz CT molecular complexity index is 863. The second kappa shape index (κ2) is 6.12. The van der Waals surface area contributed by atoms with Crippen molar-refractivity contribution in [1.29, 1.82) is 0 Å². The van der Waals surface area contributed by atoms with Crippen LogP contribution in [0, 0.1) is 17.8 Å². The quantitative estimate of drug-likeness (QED) is 0.746. The summed E-state index contributed by atoms with van der Waals surface area (Å²) >= 11 is 0. The summed E-state index contributed by atoms with van der Waals surface area (Å²) in [6.45, 7) is 0. The fraction of sp³-hybridized carbons (Fsp3) is 0.458. The summed E-state index contributed by atoms with van der Waals surface area (Å²) in [6, 6.07) is 11.4. The predicted octanol–water partition coefficient (Wildman–Crippen LogP) is 5.35. The number of rotatable bonds is 4. The molecule has 4 aliphatic rings. The van der Waals surface area contributed by atoms with Crippen LogP contribution >= 0.6 is 0 Å². The predicted molar refractivity (Wildman–Crippen MR) is 105 cm³/mol. The van der Waals surface area contributed by atoms with Gasteiger partial charge in [-0.2, -0.15) is 0 Å². The Hall–Kier alpha value is -2.29. The molecule has 27 heavy (non-hydrogen) atoms. The molecular formula is C24H26O3. The van der Waals surface area contributed by atoms with Gasteiger partial charge in [0.2, 0.25) is 0 Å². The lowest BCUT2D eigenvalue weighted by atomic mass is 9.48. The summed E-state index contributed by atoms with van der Waals surface area (Å²) in [5.41, 5.74) is 3.80. The van der Waals surface area contributed by atoms with Crippen LogP contribution in [-0.2, 0) is 5.41 Å².